The van der Waals surface area contributed by atoms with Crippen molar-refractivity contribution in [2.45, 2.75) is 72.1 Å². The highest BCUT2D eigenvalue weighted by Crippen LogP contribution is 2.31. The number of benzene rings is 1. The molecular formula is C24H36ClNO5. The van der Waals surface area contributed by atoms with Gasteiger partial charge in [-0.05, 0) is 70.1 Å². The molecule has 1 N–H and O–H groups in total. The maximum Gasteiger partial charge on any atom is 0.408 e. The van der Waals surface area contributed by atoms with Gasteiger partial charge >= 0.3 is 12.1 Å². The molecule has 4 atom stereocenters. The highest BCUT2D eigenvalue weighted by Gasteiger charge is 2.35. The Labute approximate surface area is 191 Å². The molecule has 0 saturated carbocycles. The Hall–Kier alpha value is -1.79. The van der Waals surface area contributed by atoms with Gasteiger partial charge in [0.05, 0.1) is 13.2 Å². The third-order valence-corrected chi connectivity index (χ3v) is 5.51. The van der Waals surface area contributed by atoms with Crippen LogP contribution in [0.15, 0.2) is 24.3 Å². The molecule has 0 bridgehead atoms. The SMILES string of the molecule is CC(C)C[C@@H]1[C@@H](Cc2ccc(Cl)cc2)COC[C@H](NC(=O)OC(C)(C)C)C(=O)O[C@H]1C. The Morgan fingerprint density at radius 3 is 2.45 bits per heavy atom. The number of halogens is 1. The van der Waals surface area contributed by atoms with E-state index in [0.717, 1.165) is 18.4 Å². The second-order valence-electron chi connectivity index (χ2n) is 9.76. The van der Waals surface area contributed by atoms with Crippen molar-refractivity contribution in [3.05, 3.63) is 34.9 Å². The third-order valence-electron chi connectivity index (χ3n) is 5.26. The van der Waals surface area contributed by atoms with E-state index in [1.807, 2.05) is 31.2 Å². The summed E-state index contributed by atoms with van der Waals surface area (Å²) in [4.78, 5) is 25.0. The predicted octanol–water partition coefficient (Wildman–Crippen LogP) is 5.02. The summed E-state index contributed by atoms with van der Waals surface area (Å²) in [6.07, 6.45) is 0.721. The van der Waals surface area contributed by atoms with Crippen molar-refractivity contribution in [2.75, 3.05) is 13.2 Å². The van der Waals surface area contributed by atoms with E-state index in [2.05, 4.69) is 19.2 Å². The van der Waals surface area contributed by atoms with Crippen LogP contribution in [0.2, 0.25) is 5.02 Å². The summed E-state index contributed by atoms with van der Waals surface area (Å²) in [6, 6.07) is 6.89. The van der Waals surface area contributed by atoms with Gasteiger partial charge in [-0.25, -0.2) is 9.59 Å². The molecule has 6 nitrogen and oxygen atoms in total. The molecule has 2 rings (SSSR count). The van der Waals surface area contributed by atoms with Crippen LogP contribution in [0.5, 0.6) is 0 Å². The topological polar surface area (TPSA) is 73.9 Å². The van der Waals surface area contributed by atoms with E-state index < -0.39 is 23.7 Å². The van der Waals surface area contributed by atoms with Gasteiger partial charge in [0.25, 0.3) is 0 Å². The number of esters is 1. The van der Waals surface area contributed by atoms with Gasteiger partial charge in [-0.3, -0.25) is 0 Å². The van der Waals surface area contributed by atoms with Crippen LogP contribution in [-0.2, 0) is 25.4 Å². The van der Waals surface area contributed by atoms with Crippen molar-refractivity contribution in [1.82, 2.24) is 5.32 Å². The maximum absolute atomic E-state index is 12.8. The van der Waals surface area contributed by atoms with E-state index in [0.29, 0.717) is 17.5 Å². The molecule has 0 aromatic heterocycles. The van der Waals surface area contributed by atoms with Crippen molar-refractivity contribution >= 4 is 23.7 Å². The number of hydrogen-bond acceptors (Lipinski definition) is 5. The second kappa shape index (κ2) is 11.2. The third kappa shape index (κ3) is 8.69. The summed E-state index contributed by atoms with van der Waals surface area (Å²) >= 11 is 6.03. The molecular weight excluding hydrogens is 418 g/mol. The summed E-state index contributed by atoms with van der Waals surface area (Å²) < 4.78 is 17.0. The first kappa shape index (κ1) is 25.5. The van der Waals surface area contributed by atoms with Gasteiger partial charge in [0.15, 0.2) is 6.04 Å². The fourth-order valence-corrected chi connectivity index (χ4v) is 4.00. The zero-order chi connectivity index (χ0) is 23.2. The molecule has 1 aliphatic rings. The lowest BCUT2D eigenvalue weighted by molar-refractivity contribution is -0.154. The normalized spacial score (nSPS) is 25.2. The Morgan fingerprint density at radius 1 is 1.23 bits per heavy atom. The number of ether oxygens (including phenoxy) is 3. The number of cyclic esters (lactones) is 1. The second-order valence-corrected chi connectivity index (χ2v) is 10.2. The molecule has 1 aromatic rings. The molecule has 0 spiro atoms. The molecule has 1 fully saturated rings. The summed E-state index contributed by atoms with van der Waals surface area (Å²) in [7, 11) is 0. The highest BCUT2D eigenvalue weighted by atomic mass is 35.5. The van der Waals surface area contributed by atoms with Gasteiger partial charge in [0, 0.05) is 10.9 Å². The Morgan fingerprint density at radius 2 is 1.87 bits per heavy atom. The van der Waals surface area contributed by atoms with Crippen molar-refractivity contribution in [3.63, 3.8) is 0 Å². The smallest absolute Gasteiger partial charge is 0.408 e. The molecule has 1 aliphatic heterocycles. The standard InChI is InChI=1S/C24H36ClNO5/c1-15(2)11-20-16(3)30-22(27)21(26-23(28)31-24(4,5)6)14-29-13-18(20)12-17-7-9-19(25)10-8-17/h7-10,15-16,18,20-21H,11-14H2,1-6H3,(H,26,28)/t16-,18-,20-,21-/m0/s1. The van der Waals surface area contributed by atoms with Crippen LogP contribution >= 0.6 is 11.6 Å². The van der Waals surface area contributed by atoms with Gasteiger partial charge in [0.2, 0.25) is 0 Å². The van der Waals surface area contributed by atoms with Crippen molar-refractivity contribution in [3.8, 4) is 0 Å². The van der Waals surface area contributed by atoms with Crippen LogP contribution in [0.1, 0.15) is 53.5 Å². The van der Waals surface area contributed by atoms with Crippen LogP contribution < -0.4 is 5.32 Å². The van der Waals surface area contributed by atoms with E-state index in [9.17, 15) is 9.59 Å². The first-order valence-electron chi connectivity index (χ1n) is 11.0. The molecule has 0 aliphatic carbocycles. The largest absolute Gasteiger partial charge is 0.461 e. The molecule has 174 valence electrons. The van der Waals surface area contributed by atoms with Gasteiger partial charge in [-0.1, -0.05) is 37.6 Å². The fraction of sp³-hybridized carbons (Fsp3) is 0.667. The van der Waals surface area contributed by atoms with Crippen LogP contribution in [0.3, 0.4) is 0 Å². The van der Waals surface area contributed by atoms with Crippen LogP contribution in [-0.4, -0.2) is 43.0 Å². The van der Waals surface area contributed by atoms with Crippen molar-refractivity contribution in [2.24, 2.45) is 17.8 Å². The lowest BCUT2D eigenvalue weighted by Crippen LogP contribution is -2.47. The summed E-state index contributed by atoms with van der Waals surface area (Å²) in [5, 5.41) is 3.29. The molecule has 1 saturated heterocycles. The lowest BCUT2D eigenvalue weighted by Gasteiger charge is -2.32. The average Bonchev–Trinajstić information content (AvgIpc) is 2.68. The van der Waals surface area contributed by atoms with E-state index >= 15 is 0 Å². The Kier molecular flexibility index (Phi) is 9.19. The molecule has 7 heteroatoms. The van der Waals surface area contributed by atoms with E-state index in [1.54, 1.807) is 20.8 Å². The number of rotatable bonds is 5. The number of carbonyl (C=O) groups is 2. The predicted molar refractivity (Wildman–Crippen MR) is 121 cm³/mol. The average molecular weight is 454 g/mol. The van der Waals surface area contributed by atoms with E-state index in [4.69, 9.17) is 25.8 Å². The van der Waals surface area contributed by atoms with Crippen molar-refractivity contribution in [1.29, 1.82) is 0 Å². The minimum atomic E-state index is -0.911. The summed E-state index contributed by atoms with van der Waals surface area (Å²) in [5.74, 6) is 0.223. The van der Waals surface area contributed by atoms with E-state index in [1.165, 1.54) is 0 Å². The minimum Gasteiger partial charge on any atom is -0.461 e. The molecule has 1 heterocycles. The maximum atomic E-state index is 12.8. The van der Waals surface area contributed by atoms with Crippen LogP contribution in [0.25, 0.3) is 0 Å². The molecule has 1 amide bonds. The van der Waals surface area contributed by atoms with E-state index in [-0.39, 0.29) is 24.5 Å². The highest BCUT2D eigenvalue weighted by molar-refractivity contribution is 6.30. The number of carbonyl (C=O) groups excluding carboxylic acids is 2. The fourth-order valence-electron chi connectivity index (χ4n) is 3.88. The number of nitrogens with one attached hydrogen (secondary N) is 1. The monoisotopic (exact) mass is 453 g/mol. The van der Waals surface area contributed by atoms with Crippen LogP contribution in [0, 0.1) is 17.8 Å². The Balaban J connectivity index is 2.17. The Bertz CT molecular complexity index is 728. The number of amides is 1. The van der Waals surface area contributed by atoms with Crippen LogP contribution in [0.4, 0.5) is 4.79 Å². The van der Waals surface area contributed by atoms with Gasteiger partial charge in [-0.15, -0.1) is 0 Å². The van der Waals surface area contributed by atoms with Gasteiger partial charge in [-0.2, -0.15) is 0 Å². The molecule has 31 heavy (non-hydrogen) atoms. The molecule has 1 aromatic carbocycles. The van der Waals surface area contributed by atoms with Crippen molar-refractivity contribution < 1.29 is 23.8 Å². The number of alkyl carbamates (subject to hydrolysis) is 1. The van der Waals surface area contributed by atoms with Gasteiger partial charge in [0.1, 0.15) is 11.7 Å². The molecule has 0 unspecified atom stereocenters. The first-order valence-corrected chi connectivity index (χ1v) is 11.3. The lowest BCUT2D eigenvalue weighted by atomic mass is 9.79. The molecule has 0 radical (unpaired) electrons. The summed E-state index contributed by atoms with van der Waals surface area (Å²) in [5.41, 5.74) is 0.500. The van der Waals surface area contributed by atoms with Gasteiger partial charge < -0.3 is 19.5 Å². The minimum absolute atomic E-state index is 0.0380. The number of hydrogen-bond donors (Lipinski definition) is 1. The first-order chi connectivity index (χ1) is 14.4. The quantitative estimate of drug-likeness (QED) is 0.634. The zero-order valence-electron chi connectivity index (χ0n) is 19.4. The zero-order valence-corrected chi connectivity index (χ0v) is 20.2. The summed E-state index contributed by atoms with van der Waals surface area (Å²) in [6.45, 7) is 12.1.